The summed E-state index contributed by atoms with van der Waals surface area (Å²) in [5.41, 5.74) is 5.52. The molecule has 0 amide bonds. The molecule has 182 valence electrons. The molecule has 0 saturated carbocycles. The van der Waals surface area contributed by atoms with Gasteiger partial charge in [0.1, 0.15) is 8.07 Å². The normalized spacial score (nSPS) is 10.3. The van der Waals surface area contributed by atoms with Crippen molar-refractivity contribution < 1.29 is 58.9 Å². The van der Waals surface area contributed by atoms with Crippen molar-refractivity contribution in [1.29, 1.82) is 0 Å². The molecular weight excluding hydrogens is 543 g/mol. The predicted molar refractivity (Wildman–Crippen MR) is 138 cm³/mol. The van der Waals surface area contributed by atoms with Crippen molar-refractivity contribution >= 4 is 28.8 Å². The molecule has 4 aromatic rings. The summed E-state index contributed by atoms with van der Waals surface area (Å²) in [4.78, 5) is 0. The Kier molecular flexibility index (Phi) is 14.6. The van der Waals surface area contributed by atoms with E-state index in [0.717, 1.165) is 6.42 Å². The van der Waals surface area contributed by atoms with Crippen LogP contribution >= 0.6 is 0 Å². The minimum atomic E-state index is -2.44. The Labute approximate surface area is 246 Å². The third-order valence-electron chi connectivity index (χ3n) is 6.46. The van der Waals surface area contributed by atoms with E-state index in [1.165, 1.54) is 50.7 Å². The van der Waals surface area contributed by atoms with Crippen LogP contribution in [0.25, 0.3) is 0 Å². The summed E-state index contributed by atoms with van der Waals surface area (Å²) in [7, 11) is -2.44. The van der Waals surface area contributed by atoms with Gasteiger partial charge in [0, 0.05) is 0 Å². The van der Waals surface area contributed by atoms with Crippen LogP contribution in [0.4, 0.5) is 0 Å². The summed E-state index contributed by atoms with van der Waals surface area (Å²) >= 11 is 0. The van der Waals surface area contributed by atoms with Crippen molar-refractivity contribution in [3.05, 3.63) is 113 Å². The third kappa shape index (κ3) is 6.98. The molecule has 0 N–H and O–H groups in total. The summed E-state index contributed by atoms with van der Waals surface area (Å²) in [5, 5.41) is 6.00. The molecule has 0 aliphatic carbocycles. The molecule has 35 heavy (non-hydrogen) atoms. The van der Waals surface area contributed by atoms with Gasteiger partial charge >= 0.3 is 21.7 Å². The maximum atomic E-state index is 2.44. The van der Waals surface area contributed by atoms with E-state index >= 15 is 0 Å². The minimum absolute atomic E-state index is 0. The van der Waals surface area contributed by atoms with Gasteiger partial charge < -0.3 is 37.2 Å². The van der Waals surface area contributed by atoms with Gasteiger partial charge in [-0.2, -0.15) is 11.6 Å². The van der Waals surface area contributed by atoms with E-state index in [9.17, 15) is 0 Å². The summed E-state index contributed by atoms with van der Waals surface area (Å²) in [6.45, 7) is 8.95. The molecule has 5 heteroatoms. The monoisotopic (exact) mass is 574 g/mol. The van der Waals surface area contributed by atoms with Gasteiger partial charge in [-0.25, -0.2) is 12.1 Å². The van der Waals surface area contributed by atoms with E-state index < -0.39 is 8.07 Å². The molecule has 4 aromatic carbocycles. The zero-order valence-electron chi connectivity index (χ0n) is 20.9. The topological polar surface area (TPSA) is 0 Å². The number of hydrogen-bond donors (Lipinski definition) is 0. The van der Waals surface area contributed by atoms with Crippen LogP contribution in [0.5, 0.6) is 0 Å². The van der Waals surface area contributed by atoms with E-state index in [-0.39, 0.29) is 58.9 Å². The largest absolute Gasteiger partial charge is 4.00 e. The smallest absolute Gasteiger partial charge is 1.00 e. The molecular formula is C30H33Cl3SiTi. The van der Waals surface area contributed by atoms with Crippen LogP contribution in [0.2, 0.25) is 0 Å². The Bertz CT molecular complexity index is 1070. The fourth-order valence-electron chi connectivity index (χ4n) is 5.01. The number of hydrogen-bond acceptors (Lipinski definition) is 0. The van der Waals surface area contributed by atoms with E-state index in [0.29, 0.717) is 0 Å². The molecule has 0 fully saturated rings. The standard InChI is InChI=1S/C30H33Si.3ClH.Ti/c1-5-6-14-26-15-10-19-30(26)31(27-16-7-11-23(2)20-27,28-17-8-12-24(3)21-28)29-18-9-13-25(4)22-29;;;;/h7-13,15-22H,5-6,14H2,1-4H3;3*1H;/q-1;;;;+4/p-3. The fraction of sp³-hybridized carbons (Fsp3) is 0.233. The summed E-state index contributed by atoms with van der Waals surface area (Å²) in [5.74, 6) is 0. The van der Waals surface area contributed by atoms with Gasteiger partial charge in [0.05, 0.1) is 0 Å². The van der Waals surface area contributed by atoms with Gasteiger partial charge in [-0.3, -0.25) is 0 Å². The molecule has 0 aromatic heterocycles. The molecule has 0 unspecified atom stereocenters. The van der Waals surface area contributed by atoms with Crippen LogP contribution in [0.3, 0.4) is 0 Å². The van der Waals surface area contributed by atoms with Crippen molar-refractivity contribution in [2.24, 2.45) is 0 Å². The number of benzene rings is 3. The van der Waals surface area contributed by atoms with Gasteiger partial charge in [0.15, 0.2) is 0 Å². The second kappa shape index (κ2) is 15.2. The SMILES string of the molecule is CCCCc1ccc[c-]1[Si](c1cccc(C)c1)(c1cccc(C)c1)c1cccc(C)c1.[Cl-].[Cl-].[Cl-].[Ti+4]. The number of aryl methyl sites for hydroxylation is 4. The third-order valence-corrected chi connectivity index (χ3v) is 11.3. The van der Waals surface area contributed by atoms with Crippen molar-refractivity contribution in [1.82, 2.24) is 0 Å². The second-order valence-corrected chi connectivity index (χ2v) is 12.7. The van der Waals surface area contributed by atoms with Crippen molar-refractivity contribution in [3.8, 4) is 0 Å². The fourth-order valence-corrected chi connectivity index (χ4v) is 10.4. The van der Waals surface area contributed by atoms with Crippen LogP contribution in [0, 0.1) is 20.8 Å². The molecule has 0 atom stereocenters. The molecule has 0 nitrogen and oxygen atoms in total. The first kappa shape index (κ1) is 33.8. The van der Waals surface area contributed by atoms with Crippen LogP contribution in [0.1, 0.15) is 42.0 Å². The van der Waals surface area contributed by atoms with Gasteiger partial charge in [-0.15, -0.1) is 5.19 Å². The van der Waals surface area contributed by atoms with Crippen LogP contribution in [-0.4, -0.2) is 8.07 Å². The summed E-state index contributed by atoms with van der Waals surface area (Å²) in [6, 6.07) is 34.9. The molecule has 0 aliphatic rings. The van der Waals surface area contributed by atoms with Crippen molar-refractivity contribution in [2.45, 2.75) is 47.0 Å². The first-order chi connectivity index (χ1) is 15.1. The van der Waals surface area contributed by atoms with Crippen LogP contribution < -0.4 is 58.0 Å². The Hall–Kier alpha value is -1.19. The molecule has 4 rings (SSSR count). The Morgan fingerprint density at radius 1 is 0.629 bits per heavy atom. The quantitative estimate of drug-likeness (QED) is 0.120. The zero-order valence-corrected chi connectivity index (χ0v) is 25.7. The predicted octanol–water partition coefficient (Wildman–Crippen LogP) is -3.94. The Balaban J connectivity index is 0.00000289. The number of halogens is 3. The first-order valence-electron chi connectivity index (χ1n) is 11.5. The molecule has 0 bridgehead atoms. The molecule has 0 saturated heterocycles. The number of rotatable bonds is 7. The second-order valence-electron chi connectivity index (χ2n) is 8.93. The molecule has 0 spiro atoms. The average molecular weight is 576 g/mol. The van der Waals surface area contributed by atoms with Crippen LogP contribution in [-0.2, 0) is 28.1 Å². The van der Waals surface area contributed by atoms with E-state index in [1.54, 1.807) is 5.19 Å². The van der Waals surface area contributed by atoms with Gasteiger partial charge in [-0.1, -0.05) is 131 Å². The summed E-state index contributed by atoms with van der Waals surface area (Å²) in [6.07, 6.45) is 3.60. The van der Waals surface area contributed by atoms with Gasteiger partial charge in [-0.05, 0) is 20.8 Å². The van der Waals surface area contributed by atoms with Crippen molar-refractivity contribution in [3.63, 3.8) is 0 Å². The summed E-state index contributed by atoms with van der Waals surface area (Å²) < 4.78 is 0. The van der Waals surface area contributed by atoms with E-state index in [2.05, 4.69) is 119 Å². The zero-order chi connectivity index (χ0) is 21.8. The molecule has 0 heterocycles. The maximum absolute atomic E-state index is 2.44. The van der Waals surface area contributed by atoms with E-state index in [1.807, 2.05) is 0 Å². The maximum Gasteiger partial charge on any atom is 4.00 e. The van der Waals surface area contributed by atoms with Crippen LogP contribution in [0.15, 0.2) is 91.0 Å². The molecule has 0 aliphatic heterocycles. The average Bonchev–Trinajstić information content (AvgIpc) is 3.22. The van der Waals surface area contributed by atoms with E-state index in [4.69, 9.17) is 0 Å². The van der Waals surface area contributed by atoms with Gasteiger partial charge in [0.2, 0.25) is 0 Å². The molecule has 0 radical (unpaired) electrons. The Morgan fingerprint density at radius 3 is 1.43 bits per heavy atom. The Morgan fingerprint density at radius 2 is 1.06 bits per heavy atom. The minimum Gasteiger partial charge on any atom is -1.00 e. The first-order valence-corrected chi connectivity index (χ1v) is 13.5. The number of unbranched alkanes of at least 4 members (excludes halogenated alkanes) is 1. The van der Waals surface area contributed by atoms with Gasteiger partial charge in [0.25, 0.3) is 0 Å². The van der Waals surface area contributed by atoms with Crippen molar-refractivity contribution in [2.75, 3.05) is 0 Å².